The van der Waals surface area contributed by atoms with E-state index in [2.05, 4.69) is 0 Å². The number of aliphatic hydroxyl groups is 2. The number of hydrogen-bond acceptors (Lipinski definition) is 10. The molecule has 0 radical (unpaired) electrons. The van der Waals surface area contributed by atoms with Crippen LogP contribution in [0.5, 0.6) is 0 Å². The molecule has 0 aromatic carbocycles. The van der Waals surface area contributed by atoms with Crippen LogP contribution in [0.3, 0.4) is 0 Å². The Labute approximate surface area is 177 Å². The number of rotatable bonds is 21. The van der Waals surface area contributed by atoms with Gasteiger partial charge in [-0.1, -0.05) is 0 Å². The van der Waals surface area contributed by atoms with Crippen LogP contribution in [-0.2, 0) is 38.1 Å². The van der Waals surface area contributed by atoms with Gasteiger partial charge in [-0.15, -0.1) is 0 Å². The molecule has 0 aromatic rings. The molecule has 0 atom stereocenters. The standard InChI is InChI=1S/C20H36O10/c21-9-12-26-14-16-29-19(24)6-2-1-5-11-28-18(23)7-3-4-8-20(25)30-17-15-27-13-10-22/h21-22H,1-17H2. The number of carbonyl (C=O) groups is 3. The van der Waals surface area contributed by atoms with Gasteiger partial charge in [-0.25, -0.2) is 0 Å². The van der Waals surface area contributed by atoms with Crippen molar-refractivity contribution >= 4 is 17.9 Å². The van der Waals surface area contributed by atoms with Crippen molar-refractivity contribution in [2.24, 2.45) is 0 Å². The van der Waals surface area contributed by atoms with Gasteiger partial charge in [-0.2, -0.15) is 0 Å². The fraction of sp³-hybridized carbons (Fsp3) is 0.850. The Kier molecular flexibility index (Phi) is 20.7. The Morgan fingerprint density at radius 2 is 0.867 bits per heavy atom. The largest absolute Gasteiger partial charge is 0.466 e. The molecule has 0 saturated carbocycles. The maximum absolute atomic E-state index is 11.6. The third kappa shape index (κ3) is 21.0. The van der Waals surface area contributed by atoms with Crippen molar-refractivity contribution in [3.8, 4) is 0 Å². The van der Waals surface area contributed by atoms with E-state index in [9.17, 15) is 14.4 Å². The van der Waals surface area contributed by atoms with Crippen LogP contribution >= 0.6 is 0 Å². The normalized spacial score (nSPS) is 10.6. The number of hydrogen-bond donors (Lipinski definition) is 2. The van der Waals surface area contributed by atoms with Gasteiger partial charge in [-0.3, -0.25) is 14.4 Å². The molecule has 0 aliphatic carbocycles. The molecular formula is C20H36O10. The van der Waals surface area contributed by atoms with Gasteiger partial charge in [0.2, 0.25) is 0 Å². The summed E-state index contributed by atoms with van der Waals surface area (Å²) < 4.78 is 25.0. The highest BCUT2D eigenvalue weighted by atomic mass is 16.6. The van der Waals surface area contributed by atoms with E-state index in [1.807, 2.05) is 0 Å². The highest BCUT2D eigenvalue weighted by molar-refractivity contribution is 5.70. The lowest BCUT2D eigenvalue weighted by Crippen LogP contribution is -2.12. The first kappa shape index (κ1) is 28.2. The molecule has 0 rings (SSSR count). The van der Waals surface area contributed by atoms with Crippen LogP contribution in [0.15, 0.2) is 0 Å². The molecule has 0 aliphatic rings. The smallest absolute Gasteiger partial charge is 0.305 e. The molecule has 2 N–H and O–H groups in total. The molecule has 0 heterocycles. The molecule has 0 amide bonds. The van der Waals surface area contributed by atoms with Crippen LogP contribution in [0.25, 0.3) is 0 Å². The summed E-state index contributed by atoms with van der Waals surface area (Å²) in [5.41, 5.74) is 0. The SMILES string of the molecule is O=C(CCCCC(=O)OCCOCCO)OCCCCCC(=O)OCCOCCO. The van der Waals surface area contributed by atoms with Crippen molar-refractivity contribution in [3.05, 3.63) is 0 Å². The summed E-state index contributed by atoms with van der Waals surface area (Å²) in [4.78, 5) is 34.5. The summed E-state index contributed by atoms with van der Waals surface area (Å²) in [6.07, 6.45) is 3.94. The molecule has 0 fully saturated rings. The molecular weight excluding hydrogens is 400 g/mol. The van der Waals surface area contributed by atoms with E-state index in [1.54, 1.807) is 0 Å². The lowest BCUT2D eigenvalue weighted by Gasteiger charge is -2.07. The van der Waals surface area contributed by atoms with Crippen LogP contribution < -0.4 is 0 Å². The zero-order chi connectivity index (χ0) is 22.3. The second-order valence-electron chi connectivity index (χ2n) is 6.35. The Morgan fingerprint density at radius 1 is 0.467 bits per heavy atom. The number of ether oxygens (including phenoxy) is 5. The number of carbonyl (C=O) groups excluding carboxylic acids is 3. The average Bonchev–Trinajstić information content (AvgIpc) is 2.73. The Morgan fingerprint density at radius 3 is 1.30 bits per heavy atom. The topological polar surface area (TPSA) is 138 Å². The quantitative estimate of drug-likeness (QED) is 0.151. The van der Waals surface area contributed by atoms with Gasteiger partial charge in [-0.05, 0) is 32.1 Å². The van der Waals surface area contributed by atoms with Crippen LogP contribution in [0, 0.1) is 0 Å². The molecule has 30 heavy (non-hydrogen) atoms. The maximum Gasteiger partial charge on any atom is 0.305 e. The van der Waals surface area contributed by atoms with E-state index in [1.165, 1.54) is 0 Å². The minimum atomic E-state index is -0.341. The summed E-state index contributed by atoms with van der Waals surface area (Å²) in [6, 6.07) is 0. The molecule has 0 bridgehead atoms. The van der Waals surface area contributed by atoms with E-state index >= 15 is 0 Å². The zero-order valence-electron chi connectivity index (χ0n) is 17.7. The lowest BCUT2D eigenvalue weighted by atomic mass is 10.2. The van der Waals surface area contributed by atoms with Gasteiger partial charge in [0.1, 0.15) is 13.2 Å². The molecule has 0 aliphatic heterocycles. The van der Waals surface area contributed by atoms with Crippen molar-refractivity contribution in [2.45, 2.75) is 51.4 Å². The summed E-state index contributed by atoms with van der Waals surface area (Å²) in [6.45, 7) is 1.46. The van der Waals surface area contributed by atoms with Gasteiger partial charge < -0.3 is 33.9 Å². The van der Waals surface area contributed by atoms with Gasteiger partial charge in [0.15, 0.2) is 0 Å². The van der Waals surface area contributed by atoms with Crippen LogP contribution in [0.2, 0.25) is 0 Å². The Bertz CT molecular complexity index is 441. The summed E-state index contributed by atoms with van der Waals surface area (Å²) >= 11 is 0. The zero-order valence-corrected chi connectivity index (χ0v) is 17.7. The minimum absolute atomic E-state index is 0.0589. The first-order chi connectivity index (χ1) is 14.6. The van der Waals surface area contributed by atoms with Gasteiger partial charge in [0.05, 0.1) is 46.2 Å². The van der Waals surface area contributed by atoms with Gasteiger partial charge >= 0.3 is 17.9 Å². The van der Waals surface area contributed by atoms with Crippen molar-refractivity contribution in [1.82, 2.24) is 0 Å². The number of aliphatic hydroxyl groups excluding tert-OH is 2. The van der Waals surface area contributed by atoms with Crippen LogP contribution in [0.4, 0.5) is 0 Å². The predicted octanol–water partition coefficient (Wildman–Crippen LogP) is 0.755. The summed E-state index contributed by atoms with van der Waals surface area (Å²) in [5, 5.41) is 17.1. The van der Waals surface area contributed by atoms with Gasteiger partial charge in [0.25, 0.3) is 0 Å². The highest BCUT2D eigenvalue weighted by Crippen LogP contribution is 2.05. The van der Waals surface area contributed by atoms with Crippen molar-refractivity contribution < 1.29 is 48.3 Å². The van der Waals surface area contributed by atoms with Crippen LogP contribution in [0.1, 0.15) is 51.4 Å². The fourth-order valence-corrected chi connectivity index (χ4v) is 2.25. The molecule has 10 heteroatoms. The number of unbranched alkanes of at least 4 members (excludes halogenated alkanes) is 3. The van der Waals surface area contributed by atoms with Gasteiger partial charge in [0, 0.05) is 19.3 Å². The van der Waals surface area contributed by atoms with E-state index in [0.29, 0.717) is 38.7 Å². The van der Waals surface area contributed by atoms with Crippen LogP contribution in [-0.4, -0.2) is 87.6 Å². The molecule has 0 unspecified atom stereocenters. The molecule has 176 valence electrons. The summed E-state index contributed by atoms with van der Waals surface area (Å²) in [7, 11) is 0. The fourth-order valence-electron chi connectivity index (χ4n) is 2.25. The van der Waals surface area contributed by atoms with E-state index < -0.39 is 0 Å². The maximum atomic E-state index is 11.6. The first-order valence-electron chi connectivity index (χ1n) is 10.4. The second-order valence-corrected chi connectivity index (χ2v) is 6.35. The molecule has 0 aromatic heterocycles. The highest BCUT2D eigenvalue weighted by Gasteiger charge is 2.07. The minimum Gasteiger partial charge on any atom is -0.466 e. The van der Waals surface area contributed by atoms with Crippen molar-refractivity contribution in [2.75, 3.05) is 59.5 Å². The number of esters is 3. The molecule has 0 saturated heterocycles. The van der Waals surface area contributed by atoms with E-state index in [0.717, 1.165) is 6.42 Å². The third-order valence-corrected chi connectivity index (χ3v) is 3.75. The molecule has 10 nitrogen and oxygen atoms in total. The first-order valence-corrected chi connectivity index (χ1v) is 10.4. The second kappa shape index (κ2) is 21.9. The van der Waals surface area contributed by atoms with E-state index in [-0.39, 0.29) is 83.6 Å². The van der Waals surface area contributed by atoms with E-state index in [4.69, 9.17) is 33.9 Å². The Balaban J connectivity index is 3.39. The lowest BCUT2D eigenvalue weighted by molar-refractivity contribution is -0.147. The van der Waals surface area contributed by atoms with Crippen molar-refractivity contribution in [3.63, 3.8) is 0 Å². The molecule has 0 spiro atoms. The Hall–Kier alpha value is -1.75. The predicted molar refractivity (Wildman–Crippen MR) is 106 cm³/mol. The average molecular weight is 436 g/mol. The third-order valence-electron chi connectivity index (χ3n) is 3.75. The monoisotopic (exact) mass is 436 g/mol. The van der Waals surface area contributed by atoms with Crippen molar-refractivity contribution in [1.29, 1.82) is 0 Å². The summed E-state index contributed by atoms with van der Waals surface area (Å²) in [5.74, 6) is -0.939.